The van der Waals surface area contributed by atoms with E-state index in [-0.39, 0.29) is 11.4 Å². The fraction of sp³-hybridized carbons (Fsp3) is 0.0526. The SMILES string of the molecule is COc1ncccc1-c1ccc(-n2ccc3[nH]c(=O)c(N)c(O)c32)cc1. The number of fused-ring (bicyclic) bond motifs is 1. The van der Waals surface area contributed by atoms with E-state index in [0.717, 1.165) is 16.8 Å². The van der Waals surface area contributed by atoms with Gasteiger partial charge in [-0.05, 0) is 35.9 Å². The van der Waals surface area contributed by atoms with Gasteiger partial charge in [-0.25, -0.2) is 4.98 Å². The Morgan fingerprint density at radius 3 is 2.69 bits per heavy atom. The maximum Gasteiger partial charge on any atom is 0.275 e. The van der Waals surface area contributed by atoms with Crippen molar-refractivity contribution in [1.82, 2.24) is 14.5 Å². The Bertz CT molecular complexity index is 1160. The fourth-order valence-corrected chi connectivity index (χ4v) is 2.99. The molecular formula is C19H16N4O3. The first-order valence-electron chi connectivity index (χ1n) is 7.91. The highest BCUT2D eigenvalue weighted by atomic mass is 16.5. The van der Waals surface area contributed by atoms with Gasteiger partial charge in [-0.15, -0.1) is 0 Å². The molecule has 0 atom stereocenters. The molecule has 0 saturated heterocycles. The summed E-state index contributed by atoms with van der Waals surface area (Å²) in [5.74, 6) is 0.321. The van der Waals surface area contributed by atoms with Crippen molar-refractivity contribution in [3.05, 3.63) is 65.2 Å². The summed E-state index contributed by atoms with van der Waals surface area (Å²) in [5, 5.41) is 10.3. The lowest BCUT2D eigenvalue weighted by Crippen LogP contribution is -2.11. The van der Waals surface area contributed by atoms with Crippen LogP contribution in [0.15, 0.2) is 59.7 Å². The van der Waals surface area contributed by atoms with Crippen molar-refractivity contribution < 1.29 is 9.84 Å². The number of hydrogen-bond acceptors (Lipinski definition) is 5. The molecule has 4 rings (SSSR count). The molecule has 7 heteroatoms. The molecular weight excluding hydrogens is 332 g/mol. The fourth-order valence-electron chi connectivity index (χ4n) is 2.99. The van der Waals surface area contributed by atoms with Crippen LogP contribution >= 0.6 is 0 Å². The molecule has 130 valence electrons. The summed E-state index contributed by atoms with van der Waals surface area (Å²) in [5.41, 5.74) is 8.57. The topological polar surface area (TPSA) is 106 Å². The van der Waals surface area contributed by atoms with Crippen LogP contribution in [0.5, 0.6) is 11.6 Å². The molecule has 0 aliphatic heterocycles. The monoisotopic (exact) mass is 348 g/mol. The van der Waals surface area contributed by atoms with Gasteiger partial charge >= 0.3 is 0 Å². The van der Waals surface area contributed by atoms with Crippen molar-refractivity contribution >= 4 is 16.7 Å². The van der Waals surface area contributed by atoms with Gasteiger partial charge in [0, 0.05) is 23.6 Å². The molecule has 4 aromatic rings. The van der Waals surface area contributed by atoms with E-state index in [1.54, 1.807) is 30.1 Å². The number of rotatable bonds is 3. The number of ether oxygens (including phenoxy) is 1. The van der Waals surface area contributed by atoms with Crippen LogP contribution in [-0.2, 0) is 0 Å². The number of aromatic hydroxyl groups is 1. The summed E-state index contributed by atoms with van der Waals surface area (Å²) in [6, 6.07) is 13.2. The van der Waals surface area contributed by atoms with Gasteiger partial charge in [-0.2, -0.15) is 0 Å². The first-order chi connectivity index (χ1) is 12.6. The van der Waals surface area contributed by atoms with Gasteiger partial charge in [-0.3, -0.25) is 4.79 Å². The van der Waals surface area contributed by atoms with E-state index < -0.39 is 5.56 Å². The van der Waals surface area contributed by atoms with E-state index in [1.807, 2.05) is 36.4 Å². The summed E-state index contributed by atoms with van der Waals surface area (Å²) >= 11 is 0. The zero-order chi connectivity index (χ0) is 18.3. The van der Waals surface area contributed by atoms with Crippen molar-refractivity contribution in [2.24, 2.45) is 0 Å². The van der Waals surface area contributed by atoms with E-state index in [1.165, 1.54) is 0 Å². The minimum absolute atomic E-state index is 0.200. The minimum Gasteiger partial charge on any atom is -0.504 e. The standard InChI is InChI=1S/C19H16N4O3/c1-26-19-13(3-2-9-21-19)11-4-6-12(7-5-11)23-10-8-14-16(23)17(24)15(20)18(25)22-14/h2-10H,20H2,1H3,(H2,22,24,25). The molecule has 0 spiro atoms. The molecule has 3 heterocycles. The summed E-state index contributed by atoms with van der Waals surface area (Å²) in [7, 11) is 1.58. The van der Waals surface area contributed by atoms with Gasteiger partial charge in [-0.1, -0.05) is 12.1 Å². The number of pyridine rings is 2. The number of nitrogens with one attached hydrogen (secondary N) is 1. The van der Waals surface area contributed by atoms with Crippen LogP contribution in [0.3, 0.4) is 0 Å². The van der Waals surface area contributed by atoms with Gasteiger partial charge in [0.25, 0.3) is 5.56 Å². The minimum atomic E-state index is -0.508. The Hall–Kier alpha value is -3.74. The highest BCUT2D eigenvalue weighted by molar-refractivity contribution is 5.88. The molecule has 0 bridgehead atoms. The van der Waals surface area contributed by atoms with E-state index >= 15 is 0 Å². The first-order valence-corrected chi connectivity index (χ1v) is 7.91. The Labute approximate surface area is 148 Å². The molecule has 0 aliphatic rings. The van der Waals surface area contributed by atoms with Crippen LogP contribution in [0.2, 0.25) is 0 Å². The average molecular weight is 348 g/mol. The molecule has 0 fully saturated rings. The number of nitrogens with two attached hydrogens (primary N) is 1. The maximum atomic E-state index is 11.7. The Morgan fingerprint density at radius 1 is 1.19 bits per heavy atom. The molecule has 4 N–H and O–H groups in total. The Kier molecular flexibility index (Phi) is 3.62. The van der Waals surface area contributed by atoms with E-state index in [9.17, 15) is 9.90 Å². The number of aromatic nitrogens is 3. The van der Waals surface area contributed by atoms with Crippen molar-refractivity contribution in [2.75, 3.05) is 12.8 Å². The molecule has 26 heavy (non-hydrogen) atoms. The lowest BCUT2D eigenvalue weighted by Gasteiger charge is -2.10. The Morgan fingerprint density at radius 2 is 1.96 bits per heavy atom. The predicted molar refractivity (Wildman–Crippen MR) is 99.8 cm³/mol. The summed E-state index contributed by atoms with van der Waals surface area (Å²) < 4.78 is 7.07. The van der Waals surface area contributed by atoms with Crippen LogP contribution in [0.4, 0.5) is 5.69 Å². The van der Waals surface area contributed by atoms with Crippen LogP contribution in [0.1, 0.15) is 0 Å². The number of methoxy groups -OCH3 is 1. The second-order valence-corrected chi connectivity index (χ2v) is 5.77. The summed E-state index contributed by atoms with van der Waals surface area (Å²) in [4.78, 5) is 18.6. The van der Waals surface area contributed by atoms with Crippen LogP contribution in [0, 0.1) is 0 Å². The van der Waals surface area contributed by atoms with E-state index in [2.05, 4.69) is 9.97 Å². The second-order valence-electron chi connectivity index (χ2n) is 5.77. The van der Waals surface area contributed by atoms with E-state index in [0.29, 0.717) is 16.9 Å². The highest BCUT2D eigenvalue weighted by Crippen LogP contribution is 2.32. The molecule has 1 aromatic carbocycles. The van der Waals surface area contributed by atoms with Crippen molar-refractivity contribution in [3.8, 4) is 28.4 Å². The lowest BCUT2D eigenvalue weighted by atomic mass is 10.1. The molecule has 7 nitrogen and oxygen atoms in total. The molecule has 0 amide bonds. The normalized spacial score (nSPS) is 11.0. The first kappa shape index (κ1) is 15.8. The third-order valence-corrected chi connectivity index (χ3v) is 4.28. The van der Waals surface area contributed by atoms with Crippen LogP contribution in [0.25, 0.3) is 27.8 Å². The smallest absolute Gasteiger partial charge is 0.275 e. The van der Waals surface area contributed by atoms with Crippen molar-refractivity contribution in [2.45, 2.75) is 0 Å². The summed E-state index contributed by atoms with van der Waals surface area (Å²) in [6.45, 7) is 0. The zero-order valence-corrected chi connectivity index (χ0v) is 13.9. The maximum absolute atomic E-state index is 11.7. The number of benzene rings is 1. The Balaban J connectivity index is 1.82. The molecule has 3 aromatic heterocycles. The molecule has 0 unspecified atom stereocenters. The lowest BCUT2D eigenvalue weighted by molar-refractivity contribution is 0.399. The number of hydrogen-bond donors (Lipinski definition) is 3. The number of anilines is 1. The van der Waals surface area contributed by atoms with Crippen molar-refractivity contribution in [1.29, 1.82) is 0 Å². The molecule has 0 aliphatic carbocycles. The summed E-state index contributed by atoms with van der Waals surface area (Å²) in [6.07, 6.45) is 3.44. The van der Waals surface area contributed by atoms with Crippen molar-refractivity contribution in [3.63, 3.8) is 0 Å². The number of H-pyrrole nitrogens is 1. The average Bonchev–Trinajstić information content (AvgIpc) is 3.10. The second kappa shape index (κ2) is 5.96. The third kappa shape index (κ3) is 2.37. The zero-order valence-electron chi connectivity index (χ0n) is 13.9. The predicted octanol–water partition coefficient (Wildman–Crippen LogP) is 2.68. The van der Waals surface area contributed by atoms with Gasteiger partial charge in [0.2, 0.25) is 5.88 Å². The quantitative estimate of drug-likeness (QED) is 0.528. The van der Waals surface area contributed by atoms with Crippen LogP contribution < -0.4 is 16.0 Å². The molecule has 0 radical (unpaired) electrons. The number of aromatic amines is 1. The van der Waals surface area contributed by atoms with E-state index in [4.69, 9.17) is 10.5 Å². The van der Waals surface area contributed by atoms with Crippen LogP contribution in [-0.4, -0.2) is 26.8 Å². The largest absolute Gasteiger partial charge is 0.504 e. The van der Waals surface area contributed by atoms with Gasteiger partial charge in [0.15, 0.2) is 5.75 Å². The van der Waals surface area contributed by atoms with Gasteiger partial charge < -0.3 is 25.1 Å². The highest BCUT2D eigenvalue weighted by Gasteiger charge is 2.14. The third-order valence-electron chi connectivity index (χ3n) is 4.28. The number of nitrogens with zero attached hydrogens (tertiary/aromatic N) is 2. The van der Waals surface area contributed by atoms with Gasteiger partial charge in [0.05, 0.1) is 12.6 Å². The van der Waals surface area contributed by atoms with Gasteiger partial charge in [0.1, 0.15) is 11.2 Å². The molecule has 0 saturated carbocycles. The number of nitrogen functional groups attached to an aromatic ring is 1.